The number of aromatic nitrogens is 1. The molecule has 0 aliphatic rings. The molecule has 0 amide bonds. The van der Waals surface area contributed by atoms with Crippen molar-refractivity contribution in [1.29, 1.82) is 0 Å². The van der Waals surface area contributed by atoms with E-state index in [4.69, 9.17) is 0 Å². The fourth-order valence-electron chi connectivity index (χ4n) is 1.46. The number of nitrogens with zero attached hydrogens (tertiary/aromatic N) is 2. The monoisotopic (exact) mass is 396 g/mol. The lowest BCUT2D eigenvalue weighted by Crippen LogP contribution is -2.39. The van der Waals surface area contributed by atoms with Gasteiger partial charge in [-0.05, 0) is 12.3 Å². The van der Waals surface area contributed by atoms with E-state index in [0.717, 1.165) is 31.9 Å². The maximum absolute atomic E-state index is 4.54. The molecule has 4 nitrogen and oxygen atoms in total. The molecule has 0 spiro atoms. The van der Waals surface area contributed by atoms with Gasteiger partial charge in [-0.15, -0.1) is 35.3 Å². The smallest absolute Gasteiger partial charge is 0.190 e. The van der Waals surface area contributed by atoms with Gasteiger partial charge < -0.3 is 10.6 Å². The van der Waals surface area contributed by atoms with Gasteiger partial charge in [-0.2, -0.15) is 0 Å². The molecule has 1 aromatic rings. The summed E-state index contributed by atoms with van der Waals surface area (Å²) in [5.41, 5.74) is 1.17. The first kappa shape index (κ1) is 18.6. The van der Waals surface area contributed by atoms with Crippen LogP contribution in [0.2, 0.25) is 0 Å². The summed E-state index contributed by atoms with van der Waals surface area (Å²) in [6.07, 6.45) is 1.97. The Morgan fingerprint density at radius 3 is 2.68 bits per heavy atom. The predicted molar refractivity (Wildman–Crippen MR) is 94.8 cm³/mol. The van der Waals surface area contributed by atoms with Crippen molar-refractivity contribution in [2.24, 2.45) is 10.9 Å². The minimum absolute atomic E-state index is 0. The Bertz CT molecular complexity index is 376. The highest BCUT2D eigenvalue weighted by atomic mass is 127. The van der Waals surface area contributed by atoms with Crippen LogP contribution in [-0.2, 0) is 12.8 Å². The van der Waals surface area contributed by atoms with Crippen molar-refractivity contribution in [2.45, 2.75) is 33.6 Å². The number of guanidine groups is 1. The van der Waals surface area contributed by atoms with E-state index >= 15 is 0 Å². The number of rotatable bonds is 6. The molecule has 19 heavy (non-hydrogen) atoms. The molecule has 0 aliphatic heterocycles. The first-order valence-corrected chi connectivity index (χ1v) is 7.41. The number of nitrogens with one attached hydrogen (secondary N) is 2. The number of hydrogen-bond acceptors (Lipinski definition) is 3. The van der Waals surface area contributed by atoms with Crippen LogP contribution < -0.4 is 10.6 Å². The Morgan fingerprint density at radius 2 is 2.16 bits per heavy atom. The Hall–Kier alpha value is -0.370. The van der Waals surface area contributed by atoms with Crippen LogP contribution in [0.15, 0.2) is 10.4 Å². The van der Waals surface area contributed by atoms with Crippen LogP contribution in [-0.4, -0.2) is 31.1 Å². The van der Waals surface area contributed by atoms with Crippen molar-refractivity contribution in [3.05, 3.63) is 16.1 Å². The summed E-state index contributed by atoms with van der Waals surface area (Å²) in [7, 11) is 1.80. The van der Waals surface area contributed by atoms with E-state index in [1.165, 1.54) is 10.7 Å². The molecule has 0 radical (unpaired) electrons. The van der Waals surface area contributed by atoms with E-state index in [1.807, 2.05) is 0 Å². The minimum atomic E-state index is 0. The zero-order chi connectivity index (χ0) is 13.4. The SMILES string of the molecule is CCc1nc(CCNC(=NC)NCC(C)C)cs1.I. The molecular weight excluding hydrogens is 371 g/mol. The molecule has 1 heterocycles. The van der Waals surface area contributed by atoms with Crippen molar-refractivity contribution in [3.63, 3.8) is 0 Å². The predicted octanol–water partition coefficient (Wildman–Crippen LogP) is 2.69. The van der Waals surface area contributed by atoms with Crippen LogP contribution in [0, 0.1) is 5.92 Å². The summed E-state index contributed by atoms with van der Waals surface area (Å²) in [6, 6.07) is 0. The zero-order valence-corrected chi connectivity index (χ0v) is 15.3. The Balaban J connectivity index is 0.00000324. The highest BCUT2D eigenvalue weighted by Gasteiger charge is 2.02. The van der Waals surface area contributed by atoms with Crippen molar-refractivity contribution in [1.82, 2.24) is 15.6 Å². The number of hydrogen-bond donors (Lipinski definition) is 2. The summed E-state index contributed by atoms with van der Waals surface area (Å²) in [5.74, 6) is 1.49. The summed E-state index contributed by atoms with van der Waals surface area (Å²) in [4.78, 5) is 8.73. The molecule has 110 valence electrons. The van der Waals surface area contributed by atoms with E-state index in [1.54, 1.807) is 18.4 Å². The molecule has 0 unspecified atom stereocenters. The fraction of sp³-hybridized carbons (Fsp3) is 0.692. The van der Waals surface area contributed by atoms with Crippen LogP contribution in [0.1, 0.15) is 31.5 Å². The normalized spacial score (nSPS) is 11.3. The largest absolute Gasteiger partial charge is 0.356 e. The first-order chi connectivity index (χ1) is 8.65. The van der Waals surface area contributed by atoms with Crippen LogP contribution >= 0.6 is 35.3 Å². The Labute approximate surface area is 137 Å². The second-order valence-corrected chi connectivity index (χ2v) is 5.55. The van der Waals surface area contributed by atoms with Gasteiger partial charge in [0.25, 0.3) is 0 Å². The van der Waals surface area contributed by atoms with Gasteiger partial charge in [0.2, 0.25) is 0 Å². The lowest BCUT2D eigenvalue weighted by atomic mass is 10.2. The second-order valence-electron chi connectivity index (χ2n) is 4.61. The zero-order valence-electron chi connectivity index (χ0n) is 12.2. The van der Waals surface area contributed by atoms with Gasteiger partial charge in [-0.1, -0.05) is 20.8 Å². The molecular formula is C13H25IN4S. The maximum Gasteiger partial charge on any atom is 0.190 e. The Morgan fingerprint density at radius 1 is 1.42 bits per heavy atom. The van der Waals surface area contributed by atoms with Crippen LogP contribution in [0.5, 0.6) is 0 Å². The van der Waals surface area contributed by atoms with Crippen LogP contribution in [0.4, 0.5) is 0 Å². The van der Waals surface area contributed by atoms with E-state index in [2.05, 4.69) is 46.8 Å². The van der Waals surface area contributed by atoms with Gasteiger partial charge in [-0.3, -0.25) is 4.99 Å². The summed E-state index contributed by atoms with van der Waals surface area (Å²) in [6.45, 7) is 8.31. The van der Waals surface area contributed by atoms with Gasteiger partial charge >= 0.3 is 0 Å². The van der Waals surface area contributed by atoms with Gasteiger partial charge in [0.1, 0.15) is 0 Å². The molecule has 0 saturated carbocycles. The number of aliphatic imine (C=N–C) groups is 1. The second kappa shape index (κ2) is 10.4. The van der Waals surface area contributed by atoms with Gasteiger partial charge in [0, 0.05) is 31.9 Å². The minimum Gasteiger partial charge on any atom is -0.356 e. The van der Waals surface area contributed by atoms with Gasteiger partial charge in [0.15, 0.2) is 5.96 Å². The number of halogens is 1. The molecule has 6 heteroatoms. The number of thiazole rings is 1. The van der Waals surface area contributed by atoms with Crippen molar-refractivity contribution >= 4 is 41.3 Å². The molecule has 0 aromatic carbocycles. The molecule has 0 atom stereocenters. The van der Waals surface area contributed by atoms with E-state index in [9.17, 15) is 0 Å². The third-order valence-corrected chi connectivity index (χ3v) is 3.52. The third kappa shape index (κ3) is 7.71. The lowest BCUT2D eigenvalue weighted by molar-refractivity contribution is 0.614. The average molecular weight is 396 g/mol. The molecule has 0 aliphatic carbocycles. The quantitative estimate of drug-likeness (QED) is 0.442. The number of aryl methyl sites for hydroxylation is 1. The molecule has 0 bridgehead atoms. The topological polar surface area (TPSA) is 49.3 Å². The molecule has 2 N–H and O–H groups in total. The van der Waals surface area contributed by atoms with E-state index < -0.39 is 0 Å². The molecule has 0 saturated heterocycles. The highest BCUT2D eigenvalue weighted by molar-refractivity contribution is 14.0. The van der Waals surface area contributed by atoms with Crippen molar-refractivity contribution < 1.29 is 0 Å². The molecule has 1 rings (SSSR count). The molecule has 1 aromatic heterocycles. The summed E-state index contributed by atoms with van der Waals surface area (Å²) >= 11 is 1.74. The van der Waals surface area contributed by atoms with E-state index in [0.29, 0.717) is 5.92 Å². The van der Waals surface area contributed by atoms with Gasteiger partial charge in [-0.25, -0.2) is 4.98 Å². The fourth-order valence-corrected chi connectivity index (χ4v) is 2.24. The summed E-state index contributed by atoms with van der Waals surface area (Å²) in [5, 5.41) is 9.96. The Kier molecular flexibility index (Phi) is 10.2. The van der Waals surface area contributed by atoms with Crippen molar-refractivity contribution in [2.75, 3.05) is 20.1 Å². The van der Waals surface area contributed by atoms with E-state index in [-0.39, 0.29) is 24.0 Å². The summed E-state index contributed by atoms with van der Waals surface area (Å²) < 4.78 is 0. The average Bonchev–Trinajstić information content (AvgIpc) is 2.81. The maximum atomic E-state index is 4.54. The van der Waals surface area contributed by atoms with Crippen LogP contribution in [0.3, 0.4) is 0 Å². The van der Waals surface area contributed by atoms with Crippen LogP contribution in [0.25, 0.3) is 0 Å². The molecule has 0 fully saturated rings. The lowest BCUT2D eigenvalue weighted by Gasteiger charge is -2.12. The standard InChI is InChI=1S/C13H24N4S.HI/c1-5-12-17-11(9-18-12)6-7-15-13(14-4)16-8-10(2)3;/h9-10H,5-8H2,1-4H3,(H2,14,15,16);1H. The third-order valence-electron chi connectivity index (χ3n) is 2.48. The first-order valence-electron chi connectivity index (χ1n) is 6.53. The highest BCUT2D eigenvalue weighted by Crippen LogP contribution is 2.10. The van der Waals surface area contributed by atoms with Gasteiger partial charge in [0.05, 0.1) is 10.7 Å². The van der Waals surface area contributed by atoms with Crippen molar-refractivity contribution in [3.8, 4) is 0 Å².